The molecule has 2 amide bonds. The summed E-state index contributed by atoms with van der Waals surface area (Å²) < 4.78 is 13.3. The fraction of sp³-hybridized carbons (Fsp3) is 0. The Morgan fingerprint density at radius 3 is 2.48 bits per heavy atom. The summed E-state index contributed by atoms with van der Waals surface area (Å²) in [5.74, 6) is -1.43. The van der Waals surface area contributed by atoms with Gasteiger partial charge in [-0.15, -0.1) is 0 Å². The highest BCUT2D eigenvalue weighted by Gasteiger charge is 2.33. The normalized spacial score (nSPS) is 14.6. The SMILES string of the molecule is O=C1C=C(c2cccc(F)c2)C(=O)N1c1cccc(Cl)c1. The lowest BCUT2D eigenvalue weighted by Crippen LogP contribution is -2.30. The van der Waals surface area contributed by atoms with E-state index in [2.05, 4.69) is 0 Å². The van der Waals surface area contributed by atoms with Gasteiger partial charge in [-0.2, -0.15) is 0 Å². The van der Waals surface area contributed by atoms with Crippen LogP contribution in [0.1, 0.15) is 5.56 Å². The second-order valence-electron chi connectivity index (χ2n) is 4.53. The van der Waals surface area contributed by atoms with Gasteiger partial charge in [-0.05, 0) is 35.9 Å². The number of hydrogen-bond acceptors (Lipinski definition) is 2. The first-order chi connectivity index (χ1) is 10.1. The second-order valence-corrected chi connectivity index (χ2v) is 4.96. The molecule has 3 rings (SSSR count). The Balaban J connectivity index is 2.00. The standard InChI is InChI=1S/C16H9ClFNO2/c17-11-4-2-6-13(8-11)19-15(20)9-14(16(19)21)10-3-1-5-12(18)7-10/h1-9H. The van der Waals surface area contributed by atoms with Crippen LogP contribution in [0.3, 0.4) is 0 Å². The molecule has 1 aliphatic rings. The predicted octanol–water partition coefficient (Wildman–Crippen LogP) is 3.44. The predicted molar refractivity (Wildman–Crippen MR) is 78.3 cm³/mol. The zero-order valence-electron chi connectivity index (χ0n) is 10.7. The van der Waals surface area contributed by atoms with Gasteiger partial charge in [-0.1, -0.05) is 29.8 Å². The van der Waals surface area contributed by atoms with Gasteiger partial charge in [0.15, 0.2) is 0 Å². The van der Waals surface area contributed by atoms with Crippen LogP contribution < -0.4 is 4.90 Å². The topological polar surface area (TPSA) is 37.4 Å². The van der Waals surface area contributed by atoms with Gasteiger partial charge in [0.1, 0.15) is 5.82 Å². The molecule has 104 valence electrons. The Morgan fingerprint density at radius 2 is 1.76 bits per heavy atom. The second kappa shape index (κ2) is 5.14. The van der Waals surface area contributed by atoms with Gasteiger partial charge in [-0.25, -0.2) is 9.29 Å². The summed E-state index contributed by atoms with van der Waals surface area (Å²) in [4.78, 5) is 25.5. The van der Waals surface area contributed by atoms with Gasteiger partial charge in [0.2, 0.25) is 0 Å². The van der Waals surface area contributed by atoms with Crippen LogP contribution in [0.4, 0.5) is 10.1 Å². The summed E-state index contributed by atoms with van der Waals surface area (Å²) in [5.41, 5.74) is 0.928. The molecule has 0 fully saturated rings. The molecule has 0 saturated carbocycles. The molecule has 1 aliphatic heterocycles. The maximum absolute atomic E-state index is 13.3. The number of carbonyl (C=O) groups is 2. The van der Waals surface area contributed by atoms with Crippen molar-refractivity contribution in [1.29, 1.82) is 0 Å². The lowest BCUT2D eigenvalue weighted by molar-refractivity contribution is -0.119. The van der Waals surface area contributed by atoms with E-state index in [4.69, 9.17) is 11.6 Å². The Morgan fingerprint density at radius 1 is 1.00 bits per heavy atom. The van der Waals surface area contributed by atoms with Gasteiger partial charge in [0.05, 0.1) is 11.3 Å². The minimum atomic E-state index is -0.493. The van der Waals surface area contributed by atoms with Crippen LogP contribution in [0.25, 0.3) is 5.57 Å². The average Bonchev–Trinajstić information content (AvgIpc) is 2.74. The number of carbonyl (C=O) groups excluding carboxylic acids is 2. The van der Waals surface area contributed by atoms with Gasteiger partial charge >= 0.3 is 0 Å². The molecule has 21 heavy (non-hydrogen) atoms. The Hall–Kier alpha value is -2.46. The van der Waals surface area contributed by atoms with Gasteiger partial charge < -0.3 is 0 Å². The minimum absolute atomic E-state index is 0.166. The van der Waals surface area contributed by atoms with Crippen LogP contribution in [-0.2, 0) is 9.59 Å². The molecule has 0 saturated heterocycles. The van der Waals surface area contributed by atoms with E-state index < -0.39 is 17.6 Å². The number of rotatable bonds is 2. The van der Waals surface area contributed by atoms with Crippen molar-refractivity contribution in [2.75, 3.05) is 4.90 Å². The molecule has 0 atom stereocenters. The highest BCUT2D eigenvalue weighted by atomic mass is 35.5. The number of nitrogens with zero attached hydrogens (tertiary/aromatic N) is 1. The largest absolute Gasteiger partial charge is 0.269 e. The third kappa shape index (κ3) is 2.45. The summed E-state index contributed by atoms with van der Waals surface area (Å²) in [6.45, 7) is 0. The zero-order chi connectivity index (χ0) is 15.0. The highest BCUT2D eigenvalue weighted by Crippen LogP contribution is 2.29. The van der Waals surface area contributed by atoms with Gasteiger partial charge in [-0.3, -0.25) is 9.59 Å². The highest BCUT2D eigenvalue weighted by molar-refractivity contribution is 6.43. The van der Waals surface area contributed by atoms with E-state index in [1.54, 1.807) is 24.3 Å². The fourth-order valence-electron chi connectivity index (χ4n) is 2.19. The van der Waals surface area contributed by atoms with E-state index in [0.717, 1.165) is 4.90 Å². The summed E-state index contributed by atoms with van der Waals surface area (Å²) in [6, 6.07) is 12.0. The van der Waals surface area contributed by atoms with Crippen LogP contribution in [0.2, 0.25) is 5.02 Å². The molecular weight excluding hydrogens is 293 g/mol. The smallest absolute Gasteiger partial charge is 0.266 e. The Labute approximate surface area is 125 Å². The Bertz CT molecular complexity index is 785. The van der Waals surface area contributed by atoms with Crippen LogP contribution >= 0.6 is 11.6 Å². The van der Waals surface area contributed by atoms with Crippen molar-refractivity contribution < 1.29 is 14.0 Å². The number of halogens is 2. The molecule has 0 aromatic heterocycles. The average molecular weight is 302 g/mol. The maximum Gasteiger partial charge on any atom is 0.266 e. The molecule has 0 unspecified atom stereocenters. The van der Waals surface area contributed by atoms with Gasteiger partial charge in [0, 0.05) is 11.1 Å². The molecular formula is C16H9ClFNO2. The third-order valence-corrected chi connectivity index (χ3v) is 3.36. The van der Waals surface area contributed by atoms with Crippen molar-refractivity contribution in [3.8, 4) is 0 Å². The molecule has 1 heterocycles. The lowest BCUT2D eigenvalue weighted by Gasteiger charge is -2.15. The molecule has 0 radical (unpaired) electrons. The van der Waals surface area contributed by atoms with E-state index in [-0.39, 0.29) is 5.57 Å². The van der Waals surface area contributed by atoms with Crippen LogP contribution in [0.5, 0.6) is 0 Å². The van der Waals surface area contributed by atoms with Crippen molar-refractivity contribution in [2.24, 2.45) is 0 Å². The zero-order valence-corrected chi connectivity index (χ0v) is 11.5. The quantitative estimate of drug-likeness (QED) is 0.797. The minimum Gasteiger partial charge on any atom is -0.269 e. The molecule has 3 nitrogen and oxygen atoms in total. The summed E-state index contributed by atoms with van der Waals surface area (Å²) in [7, 11) is 0. The van der Waals surface area contributed by atoms with Crippen LogP contribution in [0, 0.1) is 5.82 Å². The number of imide groups is 1. The first-order valence-corrected chi connectivity index (χ1v) is 6.56. The summed E-state index contributed by atoms with van der Waals surface area (Å²) in [6.07, 6.45) is 1.21. The van der Waals surface area contributed by atoms with E-state index in [0.29, 0.717) is 16.3 Å². The number of benzene rings is 2. The number of amides is 2. The monoisotopic (exact) mass is 301 g/mol. The molecule has 0 aliphatic carbocycles. The van der Waals surface area contributed by atoms with Gasteiger partial charge in [0.25, 0.3) is 11.8 Å². The lowest BCUT2D eigenvalue weighted by atomic mass is 10.1. The van der Waals surface area contributed by atoms with Crippen molar-refractivity contribution >= 4 is 34.7 Å². The number of hydrogen-bond donors (Lipinski definition) is 0. The molecule has 0 bridgehead atoms. The van der Waals surface area contributed by atoms with E-state index in [9.17, 15) is 14.0 Å². The van der Waals surface area contributed by atoms with Crippen molar-refractivity contribution in [3.63, 3.8) is 0 Å². The molecule has 0 N–H and O–H groups in total. The van der Waals surface area contributed by atoms with E-state index >= 15 is 0 Å². The van der Waals surface area contributed by atoms with Crippen molar-refractivity contribution in [2.45, 2.75) is 0 Å². The van der Waals surface area contributed by atoms with Crippen LogP contribution in [0.15, 0.2) is 54.6 Å². The van der Waals surface area contributed by atoms with E-state index in [1.165, 1.54) is 30.3 Å². The van der Waals surface area contributed by atoms with E-state index in [1.807, 2.05) is 0 Å². The maximum atomic E-state index is 13.3. The Kier molecular flexibility index (Phi) is 3.31. The van der Waals surface area contributed by atoms with Crippen molar-refractivity contribution in [3.05, 3.63) is 71.0 Å². The molecule has 2 aromatic rings. The first-order valence-electron chi connectivity index (χ1n) is 6.18. The van der Waals surface area contributed by atoms with Crippen LogP contribution in [-0.4, -0.2) is 11.8 Å². The summed E-state index contributed by atoms with van der Waals surface area (Å²) in [5, 5.41) is 0.423. The fourth-order valence-corrected chi connectivity index (χ4v) is 2.38. The molecule has 5 heteroatoms. The van der Waals surface area contributed by atoms with Crippen molar-refractivity contribution in [1.82, 2.24) is 0 Å². The number of anilines is 1. The molecule has 0 spiro atoms. The molecule has 2 aromatic carbocycles. The first kappa shape index (κ1) is 13.5. The summed E-state index contributed by atoms with van der Waals surface area (Å²) >= 11 is 5.88. The third-order valence-electron chi connectivity index (χ3n) is 3.12.